The van der Waals surface area contributed by atoms with Gasteiger partial charge in [-0.2, -0.15) is 0 Å². The lowest BCUT2D eigenvalue weighted by Crippen LogP contribution is -2.04. The van der Waals surface area contributed by atoms with Gasteiger partial charge < -0.3 is 9.30 Å². The van der Waals surface area contributed by atoms with Gasteiger partial charge in [-0.05, 0) is 19.1 Å². The van der Waals surface area contributed by atoms with Crippen LogP contribution in [0.5, 0.6) is 5.75 Å². The first-order valence-electron chi connectivity index (χ1n) is 6.10. The molecule has 2 rings (SSSR count). The van der Waals surface area contributed by atoms with Crippen LogP contribution in [-0.2, 0) is 13.7 Å². The largest absolute Gasteiger partial charge is 0.484 e. The fraction of sp³-hybridized carbons (Fsp3) is 0.286. The minimum atomic E-state index is 0.334. The summed E-state index contributed by atoms with van der Waals surface area (Å²) < 4.78 is 7.58. The lowest BCUT2D eigenvalue weighted by Gasteiger charge is -2.07. The monoisotopic (exact) mass is 309 g/mol. The van der Waals surface area contributed by atoms with Gasteiger partial charge >= 0.3 is 0 Å². The van der Waals surface area contributed by atoms with Crippen LogP contribution in [-0.4, -0.2) is 20.5 Å². The van der Waals surface area contributed by atoms with E-state index in [1.165, 1.54) is 0 Å². The van der Waals surface area contributed by atoms with E-state index < -0.39 is 0 Å². The number of thioether (sulfide) groups is 1. The molecule has 1 aromatic carbocycles. The summed E-state index contributed by atoms with van der Waals surface area (Å²) in [5, 5.41) is 9.72. The predicted octanol–water partition coefficient (Wildman–Crippen LogP) is 3.72. The highest BCUT2D eigenvalue weighted by Gasteiger charge is 2.10. The molecule has 0 spiro atoms. The summed E-state index contributed by atoms with van der Waals surface area (Å²) in [4.78, 5) is 0. The van der Waals surface area contributed by atoms with Crippen LogP contribution in [0.25, 0.3) is 0 Å². The number of rotatable bonds is 6. The number of halogens is 1. The second-order valence-corrected chi connectivity index (χ2v) is 5.77. The van der Waals surface area contributed by atoms with E-state index >= 15 is 0 Å². The van der Waals surface area contributed by atoms with Crippen molar-refractivity contribution in [2.75, 3.05) is 5.75 Å². The molecule has 106 valence electrons. The van der Waals surface area contributed by atoms with Crippen molar-refractivity contribution >= 4 is 23.4 Å². The SMILES string of the molecule is C=C(C)CSc1nnc(COc2ccccc2Cl)n1C. The minimum Gasteiger partial charge on any atom is -0.484 e. The van der Waals surface area contributed by atoms with Crippen molar-refractivity contribution in [3.63, 3.8) is 0 Å². The Bertz CT molecular complexity index is 612. The van der Waals surface area contributed by atoms with Gasteiger partial charge in [0.1, 0.15) is 12.4 Å². The average molecular weight is 310 g/mol. The maximum absolute atomic E-state index is 6.04. The van der Waals surface area contributed by atoms with Gasteiger partial charge in [-0.15, -0.1) is 10.2 Å². The Hall–Kier alpha value is -1.46. The molecule has 20 heavy (non-hydrogen) atoms. The van der Waals surface area contributed by atoms with Crippen molar-refractivity contribution in [1.82, 2.24) is 14.8 Å². The lowest BCUT2D eigenvalue weighted by atomic mass is 10.3. The summed E-state index contributed by atoms with van der Waals surface area (Å²) in [5.74, 6) is 2.24. The highest BCUT2D eigenvalue weighted by Crippen LogP contribution is 2.24. The molecular weight excluding hydrogens is 294 g/mol. The summed E-state index contributed by atoms with van der Waals surface area (Å²) in [7, 11) is 1.92. The van der Waals surface area contributed by atoms with E-state index in [2.05, 4.69) is 16.8 Å². The van der Waals surface area contributed by atoms with Crippen molar-refractivity contribution in [3.8, 4) is 5.75 Å². The first kappa shape index (κ1) is 14.9. The zero-order valence-corrected chi connectivity index (χ0v) is 13.0. The van der Waals surface area contributed by atoms with Gasteiger partial charge in [-0.25, -0.2) is 0 Å². The van der Waals surface area contributed by atoms with Crippen LogP contribution < -0.4 is 4.74 Å². The molecule has 0 unspecified atom stereocenters. The number of benzene rings is 1. The average Bonchev–Trinajstić information content (AvgIpc) is 2.76. The quantitative estimate of drug-likeness (QED) is 0.602. The normalized spacial score (nSPS) is 10.6. The maximum Gasteiger partial charge on any atom is 0.191 e. The number of nitrogens with zero attached hydrogens (tertiary/aromatic N) is 3. The topological polar surface area (TPSA) is 39.9 Å². The van der Waals surface area contributed by atoms with Crippen LogP contribution in [0, 0.1) is 0 Å². The van der Waals surface area contributed by atoms with Gasteiger partial charge in [0.05, 0.1) is 5.02 Å². The van der Waals surface area contributed by atoms with Gasteiger partial charge in [-0.1, -0.05) is 47.6 Å². The molecule has 0 bridgehead atoms. The molecule has 0 amide bonds. The van der Waals surface area contributed by atoms with Crippen molar-refractivity contribution in [2.45, 2.75) is 18.7 Å². The second-order valence-electron chi connectivity index (χ2n) is 4.42. The summed E-state index contributed by atoms with van der Waals surface area (Å²) in [6.07, 6.45) is 0. The second kappa shape index (κ2) is 6.81. The lowest BCUT2D eigenvalue weighted by molar-refractivity contribution is 0.290. The molecule has 4 nitrogen and oxygen atoms in total. The summed E-state index contributed by atoms with van der Waals surface area (Å²) in [6, 6.07) is 7.37. The smallest absolute Gasteiger partial charge is 0.191 e. The number of ether oxygens (including phenoxy) is 1. The first-order chi connectivity index (χ1) is 9.58. The standard InChI is InChI=1S/C14H16ClN3OS/c1-10(2)9-20-14-17-16-13(18(14)3)8-19-12-7-5-4-6-11(12)15/h4-7H,1,8-9H2,2-3H3. The van der Waals surface area contributed by atoms with Crippen LogP contribution in [0.3, 0.4) is 0 Å². The Morgan fingerprint density at radius 1 is 1.40 bits per heavy atom. The first-order valence-corrected chi connectivity index (χ1v) is 7.47. The number of hydrogen-bond acceptors (Lipinski definition) is 4. The van der Waals surface area contributed by atoms with Crippen LogP contribution in [0.2, 0.25) is 5.02 Å². The summed E-state index contributed by atoms with van der Waals surface area (Å²) in [6.45, 7) is 6.20. The Kier molecular flexibility index (Phi) is 5.09. The number of aromatic nitrogens is 3. The van der Waals surface area contributed by atoms with E-state index in [0.29, 0.717) is 17.4 Å². The zero-order valence-electron chi connectivity index (χ0n) is 11.5. The third-order valence-electron chi connectivity index (χ3n) is 2.57. The van der Waals surface area contributed by atoms with Crippen LogP contribution in [0.4, 0.5) is 0 Å². The van der Waals surface area contributed by atoms with E-state index in [1.54, 1.807) is 17.8 Å². The van der Waals surface area contributed by atoms with E-state index in [-0.39, 0.29) is 0 Å². The molecule has 0 aliphatic carbocycles. The van der Waals surface area contributed by atoms with Crippen molar-refractivity contribution in [3.05, 3.63) is 47.3 Å². The van der Waals surface area contributed by atoms with Crippen molar-refractivity contribution in [1.29, 1.82) is 0 Å². The van der Waals surface area contributed by atoms with Crippen LogP contribution in [0.1, 0.15) is 12.7 Å². The molecule has 0 saturated heterocycles. The van der Waals surface area contributed by atoms with E-state index in [4.69, 9.17) is 16.3 Å². The molecule has 0 N–H and O–H groups in total. The number of para-hydroxylation sites is 1. The molecule has 0 fully saturated rings. The maximum atomic E-state index is 6.04. The van der Waals surface area contributed by atoms with Gasteiger partial charge in [0, 0.05) is 12.8 Å². The minimum absolute atomic E-state index is 0.334. The fourth-order valence-electron chi connectivity index (χ4n) is 1.49. The third-order valence-corrected chi connectivity index (χ3v) is 4.13. The molecule has 2 aromatic rings. The van der Waals surface area contributed by atoms with Gasteiger partial charge in [0.15, 0.2) is 11.0 Å². The molecule has 0 atom stereocenters. The summed E-state index contributed by atoms with van der Waals surface area (Å²) >= 11 is 7.65. The molecule has 0 aliphatic rings. The van der Waals surface area contributed by atoms with Gasteiger partial charge in [0.2, 0.25) is 0 Å². The molecular formula is C14H16ClN3OS. The zero-order chi connectivity index (χ0) is 14.5. The number of hydrogen-bond donors (Lipinski definition) is 0. The predicted molar refractivity (Wildman–Crippen MR) is 82.3 cm³/mol. The van der Waals surface area contributed by atoms with E-state index in [1.807, 2.05) is 36.7 Å². The highest BCUT2D eigenvalue weighted by atomic mass is 35.5. The van der Waals surface area contributed by atoms with Crippen molar-refractivity contribution in [2.24, 2.45) is 7.05 Å². The Morgan fingerprint density at radius 3 is 2.85 bits per heavy atom. The van der Waals surface area contributed by atoms with Gasteiger partial charge in [-0.3, -0.25) is 0 Å². The third kappa shape index (κ3) is 3.77. The Balaban J connectivity index is 2.00. The van der Waals surface area contributed by atoms with Crippen molar-refractivity contribution < 1.29 is 4.74 Å². The molecule has 1 heterocycles. The van der Waals surface area contributed by atoms with E-state index in [0.717, 1.165) is 22.3 Å². The molecule has 6 heteroatoms. The molecule has 0 radical (unpaired) electrons. The highest BCUT2D eigenvalue weighted by molar-refractivity contribution is 7.99. The molecule has 0 saturated carbocycles. The molecule has 1 aromatic heterocycles. The van der Waals surface area contributed by atoms with Crippen LogP contribution >= 0.6 is 23.4 Å². The fourth-order valence-corrected chi connectivity index (χ4v) is 2.45. The Labute approximate surface area is 127 Å². The molecule has 0 aliphatic heterocycles. The van der Waals surface area contributed by atoms with E-state index in [9.17, 15) is 0 Å². The van der Waals surface area contributed by atoms with Gasteiger partial charge in [0.25, 0.3) is 0 Å². The summed E-state index contributed by atoms with van der Waals surface area (Å²) in [5.41, 5.74) is 1.10. The Morgan fingerprint density at radius 2 is 2.15 bits per heavy atom. The van der Waals surface area contributed by atoms with Crippen LogP contribution in [0.15, 0.2) is 41.6 Å².